The second kappa shape index (κ2) is 13.3. The molecule has 4 aromatic rings. The maximum Gasteiger partial charge on any atom is 0.224 e. The number of aromatic nitrogens is 2. The zero-order chi connectivity index (χ0) is 27.6. The summed E-state index contributed by atoms with van der Waals surface area (Å²) >= 11 is 5.82. The van der Waals surface area contributed by atoms with Crippen molar-refractivity contribution in [1.82, 2.24) is 15.3 Å². The van der Waals surface area contributed by atoms with E-state index in [-0.39, 0.29) is 12.3 Å². The van der Waals surface area contributed by atoms with Crippen LogP contribution in [0.2, 0.25) is 5.15 Å². The van der Waals surface area contributed by atoms with Crippen molar-refractivity contribution in [2.24, 2.45) is 5.10 Å². The number of hydrazone groups is 1. The molecule has 6 nitrogen and oxygen atoms in total. The molecule has 4 rings (SSSR count). The minimum absolute atomic E-state index is 0.0782. The highest BCUT2D eigenvalue weighted by molar-refractivity contribution is 6.29. The Labute approximate surface area is 234 Å². The van der Waals surface area contributed by atoms with Gasteiger partial charge in [-0.1, -0.05) is 78.8 Å². The van der Waals surface area contributed by atoms with Crippen molar-refractivity contribution >= 4 is 46.8 Å². The smallest absolute Gasteiger partial charge is 0.224 e. The molecule has 0 aliphatic carbocycles. The van der Waals surface area contributed by atoms with Gasteiger partial charge in [-0.2, -0.15) is 5.10 Å². The summed E-state index contributed by atoms with van der Waals surface area (Å²) in [6, 6.07) is 23.7. The molecule has 0 fully saturated rings. The topological polar surface area (TPSA) is 79.3 Å². The summed E-state index contributed by atoms with van der Waals surface area (Å²) in [4.78, 5) is 20.9. The van der Waals surface area contributed by atoms with Crippen LogP contribution in [0.3, 0.4) is 0 Å². The number of aryl methyl sites for hydroxylation is 1. The van der Waals surface area contributed by atoms with Gasteiger partial charge in [-0.3, -0.25) is 10.2 Å². The van der Waals surface area contributed by atoms with E-state index in [4.69, 9.17) is 11.6 Å². The Kier molecular flexibility index (Phi) is 9.38. The number of benzene rings is 2. The quantitative estimate of drug-likeness (QED) is 0.0994. The Morgan fingerprint density at radius 2 is 1.72 bits per heavy atom. The van der Waals surface area contributed by atoms with E-state index < -0.39 is 0 Å². The van der Waals surface area contributed by atoms with Gasteiger partial charge in [-0.05, 0) is 71.0 Å². The lowest BCUT2D eigenvalue weighted by Gasteiger charge is -2.15. The first-order chi connectivity index (χ1) is 18.9. The summed E-state index contributed by atoms with van der Waals surface area (Å²) in [6.45, 7) is 8.78. The third-order valence-corrected chi connectivity index (χ3v) is 6.38. The van der Waals surface area contributed by atoms with Gasteiger partial charge in [0, 0.05) is 30.7 Å². The number of carbonyl (C=O) groups excluding carboxylic acids is 1. The van der Waals surface area contributed by atoms with Crippen LogP contribution in [0, 0.1) is 6.92 Å². The van der Waals surface area contributed by atoms with Gasteiger partial charge in [0.15, 0.2) is 5.82 Å². The molecule has 196 valence electrons. The van der Waals surface area contributed by atoms with Crippen molar-refractivity contribution in [3.05, 3.63) is 130 Å². The van der Waals surface area contributed by atoms with Gasteiger partial charge >= 0.3 is 0 Å². The molecule has 0 saturated carbocycles. The first-order valence-corrected chi connectivity index (χ1v) is 12.9. The molecule has 0 saturated heterocycles. The molecule has 0 bridgehead atoms. The fraction of sp³-hybridized carbons (Fsp3) is 0.125. The van der Waals surface area contributed by atoms with Crippen molar-refractivity contribution in [2.75, 3.05) is 5.43 Å². The Hall–Kier alpha value is -4.55. The predicted octanol–water partition coefficient (Wildman–Crippen LogP) is 6.97. The molecule has 7 heteroatoms. The molecule has 2 N–H and O–H groups in total. The summed E-state index contributed by atoms with van der Waals surface area (Å²) in [7, 11) is 0. The van der Waals surface area contributed by atoms with Crippen LogP contribution in [0.15, 0.2) is 96.9 Å². The third kappa shape index (κ3) is 7.49. The number of rotatable bonds is 10. The van der Waals surface area contributed by atoms with Gasteiger partial charge in [-0.25, -0.2) is 9.97 Å². The number of amides is 1. The molecule has 2 aromatic heterocycles. The van der Waals surface area contributed by atoms with Crippen molar-refractivity contribution in [1.29, 1.82) is 0 Å². The fourth-order valence-corrected chi connectivity index (χ4v) is 4.12. The van der Waals surface area contributed by atoms with Crippen LogP contribution in [0.1, 0.15) is 40.3 Å². The van der Waals surface area contributed by atoms with Gasteiger partial charge in [0.25, 0.3) is 0 Å². The molecule has 2 aromatic carbocycles. The standard InChI is InChI=1S/C32H30ClN5O/c1-4-37-38-32-28(22(2)16-17-34-32)19-29(27-8-6-5-7-9-27)23(3)26-13-10-24(11-14-26)20-36-31(39)18-25-12-15-30(33)35-21-25/h4-17,19,21H,3,18,20H2,1-2H3,(H,34,38)(H,36,39)/b29-19+,37-4+. The molecule has 0 aliphatic rings. The maximum atomic E-state index is 12.4. The Morgan fingerprint density at radius 3 is 2.41 bits per heavy atom. The lowest BCUT2D eigenvalue weighted by molar-refractivity contribution is -0.120. The van der Waals surface area contributed by atoms with Gasteiger partial charge in [0.05, 0.1) is 6.42 Å². The van der Waals surface area contributed by atoms with E-state index in [1.165, 1.54) is 0 Å². The third-order valence-electron chi connectivity index (χ3n) is 6.15. The van der Waals surface area contributed by atoms with Crippen LogP contribution in [-0.2, 0) is 17.8 Å². The highest BCUT2D eigenvalue weighted by Gasteiger charge is 2.13. The molecule has 39 heavy (non-hydrogen) atoms. The number of carbonyl (C=O) groups is 1. The highest BCUT2D eigenvalue weighted by Crippen LogP contribution is 2.34. The van der Waals surface area contributed by atoms with Crippen LogP contribution >= 0.6 is 11.6 Å². The zero-order valence-electron chi connectivity index (χ0n) is 22.0. The number of anilines is 1. The van der Waals surface area contributed by atoms with Crippen LogP contribution in [-0.4, -0.2) is 22.1 Å². The summed E-state index contributed by atoms with van der Waals surface area (Å²) in [5.41, 5.74) is 10.7. The minimum Gasteiger partial charge on any atom is -0.352 e. The lowest BCUT2D eigenvalue weighted by atomic mass is 9.91. The second-order valence-electron chi connectivity index (χ2n) is 8.93. The fourth-order valence-electron chi connectivity index (χ4n) is 4.01. The lowest BCUT2D eigenvalue weighted by Crippen LogP contribution is -2.24. The second-order valence-corrected chi connectivity index (χ2v) is 9.32. The van der Waals surface area contributed by atoms with Crippen molar-refractivity contribution in [3.63, 3.8) is 0 Å². The van der Waals surface area contributed by atoms with E-state index in [0.717, 1.165) is 44.5 Å². The van der Waals surface area contributed by atoms with E-state index >= 15 is 0 Å². The number of hydrogen-bond acceptors (Lipinski definition) is 5. The van der Waals surface area contributed by atoms with Gasteiger partial charge in [-0.15, -0.1) is 0 Å². The summed E-state index contributed by atoms with van der Waals surface area (Å²) in [5.74, 6) is 0.598. The Balaban J connectivity index is 1.54. The highest BCUT2D eigenvalue weighted by atomic mass is 35.5. The number of nitrogens with zero attached hydrogens (tertiary/aromatic N) is 3. The van der Waals surface area contributed by atoms with E-state index in [2.05, 4.69) is 50.6 Å². The van der Waals surface area contributed by atoms with Crippen molar-refractivity contribution in [3.8, 4) is 0 Å². The molecule has 0 spiro atoms. The maximum absolute atomic E-state index is 12.4. The van der Waals surface area contributed by atoms with Gasteiger partial charge in [0.1, 0.15) is 5.15 Å². The number of nitrogens with one attached hydrogen (secondary N) is 2. The molecule has 2 heterocycles. The molecular formula is C32H30ClN5O. The minimum atomic E-state index is -0.0782. The number of allylic oxidation sites excluding steroid dienone is 2. The van der Waals surface area contributed by atoms with E-state index in [1.54, 1.807) is 30.7 Å². The molecule has 0 atom stereocenters. The number of hydrogen-bond donors (Lipinski definition) is 2. The van der Waals surface area contributed by atoms with Crippen LogP contribution in [0.25, 0.3) is 17.2 Å². The van der Waals surface area contributed by atoms with Crippen LogP contribution < -0.4 is 10.7 Å². The largest absolute Gasteiger partial charge is 0.352 e. The molecular weight excluding hydrogens is 506 g/mol. The summed E-state index contributed by atoms with van der Waals surface area (Å²) in [6.07, 6.45) is 7.42. The molecule has 0 radical (unpaired) electrons. The van der Waals surface area contributed by atoms with Crippen molar-refractivity contribution in [2.45, 2.75) is 26.8 Å². The normalized spacial score (nSPS) is 11.4. The van der Waals surface area contributed by atoms with E-state index in [9.17, 15) is 4.79 Å². The Bertz CT molecular complexity index is 1490. The van der Waals surface area contributed by atoms with E-state index in [0.29, 0.717) is 17.5 Å². The van der Waals surface area contributed by atoms with Crippen LogP contribution in [0.4, 0.5) is 5.82 Å². The SMILES string of the molecule is C=C(/C(=C\c1c(C)ccnc1N/N=C/C)c1ccccc1)c1ccc(CNC(=O)Cc2ccc(Cl)nc2)cc1. The average molecular weight is 536 g/mol. The van der Waals surface area contributed by atoms with Gasteiger partial charge in [0.2, 0.25) is 5.91 Å². The summed E-state index contributed by atoms with van der Waals surface area (Å²) in [5, 5.41) is 7.53. The molecule has 1 amide bonds. The predicted molar refractivity (Wildman–Crippen MR) is 161 cm³/mol. The zero-order valence-corrected chi connectivity index (χ0v) is 22.7. The monoisotopic (exact) mass is 535 g/mol. The Morgan fingerprint density at radius 1 is 0.974 bits per heavy atom. The first kappa shape index (κ1) is 27.5. The van der Waals surface area contributed by atoms with Crippen molar-refractivity contribution < 1.29 is 4.79 Å². The number of halogens is 1. The number of pyridine rings is 2. The van der Waals surface area contributed by atoms with Gasteiger partial charge < -0.3 is 5.32 Å². The molecule has 0 aliphatic heterocycles. The molecule has 0 unspecified atom stereocenters. The average Bonchev–Trinajstić information content (AvgIpc) is 2.96. The van der Waals surface area contributed by atoms with Crippen LogP contribution in [0.5, 0.6) is 0 Å². The van der Waals surface area contributed by atoms with E-state index in [1.807, 2.05) is 62.4 Å². The first-order valence-electron chi connectivity index (χ1n) is 12.6. The summed E-state index contributed by atoms with van der Waals surface area (Å²) < 4.78 is 0.